The summed E-state index contributed by atoms with van der Waals surface area (Å²) in [6.45, 7) is 0. The molecule has 1 fully saturated rings. The van der Waals surface area contributed by atoms with E-state index in [0.717, 1.165) is 5.92 Å². The van der Waals surface area contributed by atoms with Gasteiger partial charge in [-0.2, -0.15) is 0 Å². The second-order valence-electron chi connectivity index (χ2n) is 4.04. The average molecular weight is 186 g/mol. The van der Waals surface area contributed by atoms with E-state index < -0.39 is 0 Å². The van der Waals surface area contributed by atoms with E-state index in [9.17, 15) is 0 Å². The molecule has 0 amide bonds. The van der Waals surface area contributed by atoms with Crippen LogP contribution in [-0.2, 0) is 0 Å². The number of para-hydroxylation sites is 1. The molecule has 0 spiro atoms. The number of nitrogens with one attached hydrogen (secondary N) is 1. The summed E-state index contributed by atoms with van der Waals surface area (Å²) in [5.74, 6) is 0.875. The Hall–Kier alpha value is -1.28. The zero-order chi connectivity index (χ0) is 9.38. The Labute approximate surface area is 84.2 Å². The second-order valence-corrected chi connectivity index (χ2v) is 4.04. The lowest BCUT2D eigenvalue weighted by Crippen LogP contribution is -2.36. The fraction of sp³-hybridized carbons (Fsp3) is 0.333. The highest BCUT2D eigenvalue weighted by Gasteiger charge is 2.32. The van der Waals surface area contributed by atoms with Crippen molar-refractivity contribution < 1.29 is 0 Å². The molecule has 0 bridgehead atoms. The van der Waals surface area contributed by atoms with Gasteiger partial charge in [-0.3, -0.25) is 5.01 Å². The number of hydrogen-bond acceptors (Lipinski definition) is 2. The molecule has 14 heavy (non-hydrogen) atoms. The van der Waals surface area contributed by atoms with Crippen LogP contribution in [-0.4, -0.2) is 6.04 Å². The Morgan fingerprint density at radius 2 is 1.93 bits per heavy atom. The minimum Gasteiger partial charge on any atom is -0.284 e. The van der Waals surface area contributed by atoms with Gasteiger partial charge < -0.3 is 0 Å². The van der Waals surface area contributed by atoms with E-state index in [0.29, 0.717) is 6.04 Å². The summed E-state index contributed by atoms with van der Waals surface area (Å²) in [7, 11) is 0. The highest BCUT2D eigenvalue weighted by atomic mass is 15.5. The number of anilines is 1. The molecule has 0 radical (unpaired) electrons. The summed E-state index contributed by atoms with van der Waals surface area (Å²) in [5.41, 5.74) is 4.71. The van der Waals surface area contributed by atoms with Crippen molar-refractivity contribution in [1.82, 2.24) is 5.43 Å². The SMILES string of the molecule is C1=CN(c2ccccc2)NC1C1CC1. The quantitative estimate of drug-likeness (QED) is 0.762. The Bertz CT molecular complexity index is 341. The lowest BCUT2D eigenvalue weighted by Gasteiger charge is -2.19. The molecule has 1 unspecified atom stereocenters. The summed E-state index contributed by atoms with van der Waals surface area (Å²) < 4.78 is 0. The van der Waals surface area contributed by atoms with Gasteiger partial charge in [-0.05, 0) is 37.0 Å². The molecule has 2 aliphatic rings. The predicted octanol–water partition coefficient (Wildman–Crippen LogP) is 2.30. The van der Waals surface area contributed by atoms with Crippen LogP contribution in [0.25, 0.3) is 0 Å². The third-order valence-corrected chi connectivity index (χ3v) is 2.89. The lowest BCUT2D eigenvalue weighted by molar-refractivity contribution is 0.576. The van der Waals surface area contributed by atoms with Gasteiger partial charge in [0, 0.05) is 12.2 Å². The van der Waals surface area contributed by atoms with E-state index in [4.69, 9.17) is 0 Å². The van der Waals surface area contributed by atoms with Gasteiger partial charge in [0.25, 0.3) is 0 Å². The van der Waals surface area contributed by atoms with Crippen molar-refractivity contribution in [1.29, 1.82) is 0 Å². The van der Waals surface area contributed by atoms with Gasteiger partial charge in [0.1, 0.15) is 0 Å². The van der Waals surface area contributed by atoms with Crippen molar-refractivity contribution in [2.45, 2.75) is 18.9 Å². The molecule has 1 atom stereocenters. The van der Waals surface area contributed by atoms with Crippen LogP contribution in [0.4, 0.5) is 5.69 Å². The third-order valence-electron chi connectivity index (χ3n) is 2.89. The maximum atomic E-state index is 3.49. The summed E-state index contributed by atoms with van der Waals surface area (Å²) in [6, 6.07) is 11.0. The van der Waals surface area contributed by atoms with Crippen LogP contribution in [0.2, 0.25) is 0 Å². The normalized spacial score (nSPS) is 25.7. The average Bonchev–Trinajstić information content (AvgIpc) is 2.98. The largest absolute Gasteiger partial charge is 0.284 e. The molecule has 1 aromatic carbocycles. The Morgan fingerprint density at radius 3 is 2.64 bits per heavy atom. The molecule has 1 N–H and O–H groups in total. The van der Waals surface area contributed by atoms with E-state index in [-0.39, 0.29) is 0 Å². The van der Waals surface area contributed by atoms with E-state index in [1.807, 2.05) is 6.07 Å². The highest BCUT2D eigenvalue weighted by molar-refractivity contribution is 5.49. The molecule has 2 heteroatoms. The monoisotopic (exact) mass is 186 g/mol. The zero-order valence-electron chi connectivity index (χ0n) is 8.06. The molecule has 1 aliphatic carbocycles. The second kappa shape index (κ2) is 3.14. The van der Waals surface area contributed by atoms with Crippen molar-refractivity contribution in [2.24, 2.45) is 5.92 Å². The minimum atomic E-state index is 0.565. The van der Waals surface area contributed by atoms with Gasteiger partial charge >= 0.3 is 0 Å². The highest BCUT2D eigenvalue weighted by Crippen LogP contribution is 2.35. The molecular formula is C12H14N2. The first kappa shape index (κ1) is 8.06. The molecule has 0 aromatic heterocycles. The predicted molar refractivity (Wildman–Crippen MR) is 57.7 cm³/mol. The van der Waals surface area contributed by atoms with E-state index in [2.05, 4.69) is 47.0 Å². The number of hydrogen-bond donors (Lipinski definition) is 1. The molecule has 72 valence electrons. The van der Waals surface area contributed by atoms with Gasteiger partial charge in [-0.1, -0.05) is 18.2 Å². The third kappa shape index (κ3) is 1.42. The minimum absolute atomic E-state index is 0.565. The van der Waals surface area contributed by atoms with Crippen LogP contribution in [0.15, 0.2) is 42.6 Å². The zero-order valence-corrected chi connectivity index (χ0v) is 8.06. The summed E-state index contributed by atoms with van der Waals surface area (Å²) in [5, 5.41) is 2.11. The van der Waals surface area contributed by atoms with Crippen LogP contribution < -0.4 is 10.4 Å². The van der Waals surface area contributed by atoms with Crippen molar-refractivity contribution in [3.8, 4) is 0 Å². The maximum absolute atomic E-state index is 3.49. The van der Waals surface area contributed by atoms with Crippen molar-refractivity contribution in [2.75, 3.05) is 5.01 Å². The number of benzene rings is 1. The fourth-order valence-electron chi connectivity index (χ4n) is 1.89. The van der Waals surface area contributed by atoms with E-state index >= 15 is 0 Å². The van der Waals surface area contributed by atoms with Crippen LogP contribution >= 0.6 is 0 Å². The summed E-state index contributed by atoms with van der Waals surface area (Å²) in [4.78, 5) is 0. The van der Waals surface area contributed by atoms with Crippen LogP contribution in [0.3, 0.4) is 0 Å². The smallest absolute Gasteiger partial charge is 0.0570 e. The van der Waals surface area contributed by atoms with Crippen LogP contribution in [0, 0.1) is 5.92 Å². The number of nitrogens with zero attached hydrogens (tertiary/aromatic N) is 1. The van der Waals surface area contributed by atoms with Crippen LogP contribution in [0.5, 0.6) is 0 Å². The van der Waals surface area contributed by atoms with Crippen molar-refractivity contribution >= 4 is 5.69 Å². The maximum Gasteiger partial charge on any atom is 0.0570 e. The van der Waals surface area contributed by atoms with Gasteiger partial charge in [-0.25, -0.2) is 5.43 Å². The summed E-state index contributed by atoms with van der Waals surface area (Å²) >= 11 is 0. The van der Waals surface area contributed by atoms with E-state index in [1.54, 1.807) is 0 Å². The Kier molecular flexibility index (Phi) is 1.81. The lowest BCUT2D eigenvalue weighted by atomic mass is 10.2. The number of rotatable bonds is 2. The first-order chi connectivity index (χ1) is 6.93. The molecule has 1 aliphatic heterocycles. The van der Waals surface area contributed by atoms with Gasteiger partial charge in [0.2, 0.25) is 0 Å². The standard InChI is InChI=1S/C12H14N2/c1-2-4-11(5-3-1)14-9-8-12(13-14)10-6-7-10/h1-5,8-10,12-13H,6-7H2. The topological polar surface area (TPSA) is 15.3 Å². The molecule has 3 rings (SSSR count). The van der Waals surface area contributed by atoms with Gasteiger partial charge in [-0.15, -0.1) is 0 Å². The molecule has 1 aromatic rings. The first-order valence-corrected chi connectivity index (χ1v) is 5.22. The fourth-order valence-corrected chi connectivity index (χ4v) is 1.89. The van der Waals surface area contributed by atoms with Gasteiger partial charge in [0.05, 0.1) is 5.69 Å². The molecule has 2 nitrogen and oxygen atoms in total. The summed E-state index contributed by atoms with van der Waals surface area (Å²) in [6.07, 6.45) is 7.16. The molecule has 0 saturated heterocycles. The van der Waals surface area contributed by atoms with Crippen molar-refractivity contribution in [3.63, 3.8) is 0 Å². The first-order valence-electron chi connectivity index (χ1n) is 5.22. The number of hydrazine groups is 1. The van der Waals surface area contributed by atoms with Gasteiger partial charge in [0.15, 0.2) is 0 Å². The Morgan fingerprint density at radius 1 is 1.14 bits per heavy atom. The van der Waals surface area contributed by atoms with Crippen molar-refractivity contribution in [3.05, 3.63) is 42.6 Å². The molecule has 1 saturated carbocycles. The van der Waals surface area contributed by atoms with Crippen LogP contribution in [0.1, 0.15) is 12.8 Å². The molecular weight excluding hydrogens is 172 g/mol. The Balaban J connectivity index is 1.74. The van der Waals surface area contributed by atoms with E-state index in [1.165, 1.54) is 18.5 Å². The molecule has 1 heterocycles.